The minimum Gasteiger partial charge on any atom is -0.455 e. The molecule has 0 spiro atoms. The third-order valence-corrected chi connectivity index (χ3v) is 4.70. The van der Waals surface area contributed by atoms with E-state index in [0.29, 0.717) is 36.9 Å². The van der Waals surface area contributed by atoms with E-state index in [1.807, 2.05) is 42.5 Å². The van der Waals surface area contributed by atoms with Crippen molar-refractivity contribution in [3.8, 4) is 11.5 Å². The van der Waals surface area contributed by atoms with Crippen LogP contribution in [0.15, 0.2) is 54.6 Å². The molecule has 2 aromatic carbocycles. The van der Waals surface area contributed by atoms with Gasteiger partial charge in [0.2, 0.25) is 11.8 Å². The van der Waals surface area contributed by atoms with E-state index in [9.17, 15) is 9.59 Å². The van der Waals surface area contributed by atoms with Crippen molar-refractivity contribution in [2.75, 3.05) is 51.3 Å². The van der Waals surface area contributed by atoms with Crippen molar-refractivity contribution in [1.29, 1.82) is 0 Å². The highest BCUT2D eigenvalue weighted by Crippen LogP contribution is 2.29. The molecule has 1 aliphatic heterocycles. The van der Waals surface area contributed by atoms with Crippen molar-refractivity contribution in [2.24, 2.45) is 0 Å². The van der Waals surface area contributed by atoms with Gasteiger partial charge in [-0.05, 0) is 24.3 Å². The van der Waals surface area contributed by atoms with E-state index >= 15 is 0 Å². The molecular formula is C22H27N3O4. The fourth-order valence-electron chi connectivity index (χ4n) is 3.07. The second kappa shape index (κ2) is 10.6. The summed E-state index contributed by atoms with van der Waals surface area (Å²) in [6.45, 7) is 5.83. The molecule has 3 rings (SSSR count). The Kier molecular flexibility index (Phi) is 7.61. The molecular weight excluding hydrogens is 370 g/mol. The number of rotatable bonds is 8. The Morgan fingerprint density at radius 2 is 1.76 bits per heavy atom. The topological polar surface area (TPSA) is 71.1 Å². The molecule has 0 saturated carbocycles. The molecule has 0 aromatic heterocycles. The lowest BCUT2D eigenvalue weighted by molar-refractivity contribution is -0.133. The molecule has 1 aliphatic rings. The van der Waals surface area contributed by atoms with Gasteiger partial charge in [0.1, 0.15) is 5.75 Å². The van der Waals surface area contributed by atoms with Crippen LogP contribution >= 0.6 is 0 Å². The summed E-state index contributed by atoms with van der Waals surface area (Å²) in [5, 5.41) is 2.86. The minimum atomic E-state index is -0.258. The second-order valence-electron chi connectivity index (χ2n) is 6.85. The van der Waals surface area contributed by atoms with Gasteiger partial charge in [-0.15, -0.1) is 0 Å². The average molecular weight is 397 g/mol. The van der Waals surface area contributed by atoms with Gasteiger partial charge in [0.15, 0.2) is 5.75 Å². The first-order chi connectivity index (χ1) is 14.1. The van der Waals surface area contributed by atoms with E-state index in [1.54, 1.807) is 17.0 Å². The molecule has 1 saturated heterocycles. The third-order valence-electron chi connectivity index (χ3n) is 4.70. The Morgan fingerprint density at radius 3 is 2.48 bits per heavy atom. The molecule has 1 N–H and O–H groups in total. The lowest BCUT2D eigenvalue weighted by atomic mass is 10.2. The fourth-order valence-corrected chi connectivity index (χ4v) is 3.07. The molecule has 0 atom stereocenters. The molecule has 7 heteroatoms. The second-order valence-corrected chi connectivity index (χ2v) is 6.85. The third kappa shape index (κ3) is 6.58. The van der Waals surface area contributed by atoms with E-state index in [1.165, 1.54) is 6.92 Å². The molecule has 2 amide bonds. The number of morpholine rings is 1. The first-order valence-electron chi connectivity index (χ1n) is 9.79. The quantitative estimate of drug-likeness (QED) is 0.741. The summed E-state index contributed by atoms with van der Waals surface area (Å²) in [6, 6.07) is 16.6. The predicted octanol–water partition coefficient (Wildman–Crippen LogP) is 2.60. The van der Waals surface area contributed by atoms with Gasteiger partial charge in [0, 0.05) is 33.1 Å². The number of hydrogen-bond donors (Lipinski definition) is 1. The summed E-state index contributed by atoms with van der Waals surface area (Å²) >= 11 is 0. The van der Waals surface area contributed by atoms with Crippen LogP contribution in [0.25, 0.3) is 0 Å². The summed E-state index contributed by atoms with van der Waals surface area (Å²) in [7, 11) is 0. The van der Waals surface area contributed by atoms with Gasteiger partial charge >= 0.3 is 0 Å². The maximum absolute atomic E-state index is 12.6. The highest BCUT2D eigenvalue weighted by molar-refractivity contribution is 5.95. The lowest BCUT2D eigenvalue weighted by Crippen LogP contribution is -2.44. The molecule has 154 valence electrons. The van der Waals surface area contributed by atoms with Crippen LogP contribution in [-0.4, -0.2) is 67.6 Å². The summed E-state index contributed by atoms with van der Waals surface area (Å²) in [4.78, 5) is 28.4. The number of hydrogen-bond acceptors (Lipinski definition) is 5. The van der Waals surface area contributed by atoms with Crippen molar-refractivity contribution in [1.82, 2.24) is 9.80 Å². The molecule has 1 heterocycles. The number of nitrogens with zero attached hydrogens (tertiary/aromatic N) is 2. The normalized spacial score (nSPS) is 14.2. The monoisotopic (exact) mass is 397 g/mol. The lowest BCUT2D eigenvalue weighted by Gasteiger charge is -2.29. The van der Waals surface area contributed by atoms with Crippen molar-refractivity contribution < 1.29 is 19.1 Å². The van der Waals surface area contributed by atoms with Gasteiger partial charge in [-0.2, -0.15) is 0 Å². The molecule has 0 unspecified atom stereocenters. The van der Waals surface area contributed by atoms with Gasteiger partial charge in [-0.3, -0.25) is 14.5 Å². The maximum atomic E-state index is 12.6. The van der Waals surface area contributed by atoms with E-state index in [0.717, 1.165) is 19.6 Å². The van der Waals surface area contributed by atoms with Crippen LogP contribution in [0.3, 0.4) is 0 Å². The molecule has 1 fully saturated rings. The van der Waals surface area contributed by atoms with Crippen LogP contribution in [-0.2, 0) is 14.3 Å². The number of benzene rings is 2. The Hall–Kier alpha value is -2.90. The summed E-state index contributed by atoms with van der Waals surface area (Å²) < 4.78 is 11.2. The van der Waals surface area contributed by atoms with Crippen molar-refractivity contribution in [3.63, 3.8) is 0 Å². The number of amides is 2. The van der Waals surface area contributed by atoms with Crippen molar-refractivity contribution in [2.45, 2.75) is 6.92 Å². The van der Waals surface area contributed by atoms with E-state index in [2.05, 4.69) is 10.2 Å². The van der Waals surface area contributed by atoms with E-state index in [-0.39, 0.29) is 18.4 Å². The predicted molar refractivity (Wildman–Crippen MR) is 111 cm³/mol. The van der Waals surface area contributed by atoms with Gasteiger partial charge in [-0.25, -0.2) is 0 Å². The zero-order chi connectivity index (χ0) is 20.5. The van der Waals surface area contributed by atoms with Crippen LogP contribution in [0.1, 0.15) is 6.92 Å². The zero-order valence-electron chi connectivity index (χ0n) is 16.7. The standard InChI is InChI=1S/C22H27N3O4/c1-18(26)25(12-11-24-13-15-28-16-14-24)17-22(27)23-20-9-5-6-10-21(20)29-19-7-3-2-4-8-19/h2-10H,11-17H2,1H3,(H,23,27). The van der Waals surface area contributed by atoms with Gasteiger partial charge < -0.3 is 19.7 Å². The van der Waals surface area contributed by atoms with Crippen molar-refractivity contribution >= 4 is 17.5 Å². The van der Waals surface area contributed by atoms with E-state index in [4.69, 9.17) is 9.47 Å². The highest BCUT2D eigenvalue weighted by atomic mass is 16.5. The van der Waals surface area contributed by atoms with Crippen LogP contribution in [0, 0.1) is 0 Å². The largest absolute Gasteiger partial charge is 0.455 e. The van der Waals surface area contributed by atoms with Gasteiger partial charge in [-0.1, -0.05) is 30.3 Å². The number of ether oxygens (including phenoxy) is 2. The molecule has 0 radical (unpaired) electrons. The average Bonchev–Trinajstić information content (AvgIpc) is 2.74. The summed E-state index contributed by atoms with van der Waals surface area (Å²) in [6.07, 6.45) is 0. The van der Waals surface area contributed by atoms with Crippen LogP contribution in [0.5, 0.6) is 11.5 Å². The number of carbonyl (C=O) groups excluding carboxylic acids is 2. The zero-order valence-corrected chi connectivity index (χ0v) is 16.7. The Morgan fingerprint density at radius 1 is 1.07 bits per heavy atom. The van der Waals surface area contributed by atoms with Crippen LogP contribution < -0.4 is 10.1 Å². The number of para-hydroxylation sites is 3. The van der Waals surface area contributed by atoms with Gasteiger partial charge in [0.25, 0.3) is 0 Å². The Bertz CT molecular complexity index is 807. The highest BCUT2D eigenvalue weighted by Gasteiger charge is 2.17. The first kappa shape index (κ1) is 20.8. The summed E-state index contributed by atoms with van der Waals surface area (Å²) in [5.41, 5.74) is 0.568. The Balaban J connectivity index is 1.57. The smallest absolute Gasteiger partial charge is 0.244 e. The first-order valence-corrected chi connectivity index (χ1v) is 9.79. The fraction of sp³-hybridized carbons (Fsp3) is 0.364. The SMILES string of the molecule is CC(=O)N(CCN1CCOCC1)CC(=O)Nc1ccccc1Oc1ccccc1. The van der Waals surface area contributed by atoms with Crippen LogP contribution in [0.2, 0.25) is 0 Å². The number of carbonyl (C=O) groups is 2. The van der Waals surface area contributed by atoms with Gasteiger partial charge in [0.05, 0.1) is 25.4 Å². The maximum Gasteiger partial charge on any atom is 0.244 e. The molecule has 29 heavy (non-hydrogen) atoms. The molecule has 7 nitrogen and oxygen atoms in total. The summed E-state index contributed by atoms with van der Waals surface area (Å²) in [5.74, 6) is 0.855. The van der Waals surface area contributed by atoms with Crippen LogP contribution in [0.4, 0.5) is 5.69 Å². The Labute approximate surface area is 171 Å². The number of nitrogens with one attached hydrogen (secondary N) is 1. The molecule has 2 aromatic rings. The molecule has 0 aliphatic carbocycles. The minimum absolute atomic E-state index is 0.000650. The van der Waals surface area contributed by atoms with E-state index < -0.39 is 0 Å². The number of anilines is 1. The molecule has 0 bridgehead atoms. The van der Waals surface area contributed by atoms with Crippen molar-refractivity contribution in [3.05, 3.63) is 54.6 Å².